The van der Waals surface area contributed by atoms with E-state index < -0.39 is 5.41 Å². The number of aromatic nitrogens is 2. The molecule has 3 heterocycles. The van der Waals surface area contributed by atoms with Crippen LogP contribution in [0.25, 0.3) is 61.0 Å². The molecule has 2 aliphatic rings. The Hall–Kier alpha value is -9.52. The monoisotopic (exact) mass is 1050 g/mol. The first-order chi connectivity index (χ1) is 39.3. The van der Waals surface area contributed by atoms with Gasteiger partial charge in [-0.2, -0.15) is 0 Å². The highest BCUT2D eigenvalue weighted by atomic mass is 19.1. The largest absolute Gasteiger partial charge is 0.457 e. The molecule has 14 rings (SSSR count). The van der Waals surface area contributed by atoms with Gasteiger partial charge in [0.25, 0.3) is 0 Å². The van der Waals surface area contributed by atoms with Crippen molar-refractivity contribution in [3.05, 3.63) is 288 Å². The molecule has 1 unspecified atom stereocenters. The summed E-state index contributed by atoms with van der Waals surface area (Å²) >= 11 is 0. The number of fused-ring (bicyclic) bond motifs is 7. The van der Waals surface area contributed by atoms with E-state index in [1.165, 1.54) is 22.3 Å². The molecule has 0 radical (unpaired) electrons. The van der Waals surface area contributed by atoms with E-state index >= 15 is 4.39 Å². The van der Waals surface area contributed by atoms with Crippen molar-refractivity contribution in [3.63, 3.8) is 0 Å². The molecule has 394 valence electrons. The second kappa shape index (κ2) is 19.1. The first-order valence-electron chi connectivity index (χ1n) is 28.1. The van der Waals surface area contributed by atoms with Crippen molar-refractivity contribution in [2.24, 2.45) is 0 Å². The third-order valence-electron chi connectivity index (χ3n) is 16.7. The molecule has 0 fully saturated rings. The van der Waals surface area contributed by atoms with Gasteiger partial charge >= 0.3 is 0 Å². The van der Waals surface area contributed by atoms with Crippen LogP contribution in [0.3, 0.4) is 0 Å². The lowest BCUT2D eigenvalue weighted by Gasteiger charge is -2.35. The average Bonchev–Trinajstić information content (AvgIpc) is 4.35. The zero-order valence-electron chi connectivity index (χ0n) is 46.5. The van der Waals surface area contributed by atoms with Crippen LogP contribution in [0, 0.1) is 5.82 Å². The fourth-order valence-electron chi connectivity index (χ4n) is 12.8. The third-order valence-corrected chi connectivity index (χ3v) is 16.7. The number of hydrogen-bond acceptors (Lipinski definition) is 4. The number of nitrogens with zero attached hydrogens (tertiary/aromatic N) is 4. The average molecular weight is 1050 g/mol. The molecule has 0 bridgehead atoms. The van der Waals surface area contributed by atoms with Crippen molar-refractivity contribution in [3.8, 4) is 50.7 Å². The van der Waals surface area contributed by atoms with Gasteiger partial charge in [0.15, 0.2) is 0 Å². The molecular formula is C75H61FN4O. The van der Waals surface area contributed by atoms with Crippen molar-refractivity contribution >= 4 is 44.6 Å². The molecule has 5 nitrogen and oxygen atoms in total. The van der Waals surface area contributed by atoms with E-state index in [1.807, 2.05) is 12.3 Å². The summed E-state index contributed by atoms with van der Waals surface area (Å²) in [5.41, 5.74) is 18.4. The molecular weight excluding hydrogens is 992 g/mol. The minimum atomic E-state index is -0.863. The molecule has 1 aliphatic carbocycles. The van der Waals surface area contributed by atoms with Crippen LogP contribution >= 0.6 is 0 Å². The van der Waals surface area contributed by atoms with E-state index in [9.17, 15) is 0 Å². The van der Waals surface area contributed by atoms with E-state index in [2.05, 4.69) is 280 Å². The number of para-hydroxylation sites is 3. The van der Waals surface area contributed by atoms with Crippen molar-refractivity contribution < 1.29 is 9.13 Å². The molecule has 0 N–H and O–H groups in total. The maximum Gasteiger partial charge on any atom is 0.137 e. The topological polar surface area (TPSA) is 33.5 Å². The smallest absolute Gasteiger partial charge is 0.137 e. The number of anilines is 4. The standard InChI is InChI=1S/C75H61FN4O/c1-73(2,3)52-38-39-77-71(44-52)80-67-31-19-17-29-60(67)61-36-35-57(47-70(61)80)81-58-41-54(75(51-26-14-9-15-27-51)65-30-18-16-28-59(65)64-45-55(76)34-37-66(64)75)40-56(46-58)78-48-79(69-33-21-20-32-68(69)78)72-62(49-22-10-7-11-23-49)42-53(74(4,5)6)43-63(72)50-24-12-8-13-25-50/h7-47H,48H2,1-6H3. The van der Waals surface area contributed by atoms with Gasteiger partial charge in [-0.25, -0.2) is 9.37 Å². The second-order valence-corrected chi connectivity index (χ2v) is 23.7. The molecule has 0 spiro atoms. The molecule has 6 heteroatoms. The Labute approximate surface area is 473 Å². The van der Waals surface area contributed by atoms with Gasteiger partial charge in [-0.05, 0) is 145 Å². The SMILES string of the molecule is CC(C)(C)c1ccnc(-n2c3ccccc3c3ccc(Oc4cc(N5CN(c6c(-c7ccccc7)cc(C(C)(C)C)cc6-c6ccccc6)c6ccccc65)cc(C5(c6ccccc6)c6ccccc6-c6cc(F)ccc65)c4)cc32)c1. The van der Waals surface area contributed by atoms with E-state index in [0.717, 1.165) is 94.9 Å². The Morgan fingerprint density at radius 3 is 1.75 bits per heavy atom. The predicted molar refractivity (Wildman–Crippen MR) is 333 cm³/mol. The van der Waals surface area contributed by atoms with Crippen LogP contribution < -0.4 is 14.5 Å². The molecule has 12 aromatic rings. The summed E-state index contributed by atoms with van der Waals surface area (Å²) in [6, 6.07) is 85.8. The Balaban J connectivity index is 1.00. The quantitative estimate of drug-likeness (QED) is 0.144. The Morgan fingerprint density at radius 1 is 0.444 bits per heavy atom. The molecule has 10 aromatic carbocycles. The minimum Gasteiger partial charge on any atom is -0.457 e. The maximum absolute atomic E-state index is 15.7. The van der Waals surface area contributed by atoms with E-state index in [4.69, 9.17) is 9.72 Å². The predicted octanol–water partition coefficient (Wildman–Crippen LogP) is 19.6. The highest BCUT2D eigenvalue weighted by Crippen LogP contribution is 2.58. The number of hydrogen-bond donors (Lipinski definition) is 0. The summed E-state index contributed by atoms with van der Waals surface area (Å²) in [4.78, 5) is 9.94. The highest BCUT2D eigenvalue weighted by molar-refractivity contribution is 6.09. The van der Waals surface area contributed by atoms with Crippen molar-refractivity contribution in [2.45, 2.75) is 57.8 Å². The minimum absolute atomic E-state index is 0.0722. The summed E-state index contributed by atoms with van der Waals surface area (Å²) < 4.78 is 25.4. The van der Waals surface area contributed by atoms with Crippen molar-refractivity contribution in [1.82, 2.24) is 9.55 Å². The molecule has 0 amide bonds. The normalized spacial score (nSPS) is 14.8. The number of ether oxygens (including phenoxy) is 1. The number of benzene rings is 10. The molecule has 81 heavy (non-hydrogen) atoms. The molecule has 1 atom stereocenters. The van der Waals surface area contributed by atoms with Crippen LogP contribution in [-0.2, 0) is 16.2 Å². The zero-order valence-corrected chi connectivity index (χ0v) is 46.5. The van der Waals surface area contributed by atoms with Crippen LogP contribution in [0.1, 0.15) is 74.9 Å². The van der Waals surface area contributed by atoms with Gasteiger partial charge in [-0.3, -0.25) is 4.57 Å². The van der Waals surface area contributed by atoms with E-state index in [-0.39, 0.29) is 16.6 Å². The maximum atomic E-state index is 15.7. The van der Waals surface area contributed by atoms with Crippen LogP contribution in [0.5, 0.6) is 11.5 Å². The van der Waals surface area contributed by atoms with E-state index in [0.29, 0.717) is 18.2 Å². The van der Waals surface area contributed by atoms with Gasteiger partial charge in [0.1, 0.15) is 29.8 Å². The van der Waals surface area contributed by atoms with Crippen LogP contribution in [0.15, 0.2) is 249 Å². The van der Waals surface area contributed by atoms with Crippen molar-refractivity contribution in [1.29, 1.82) is 0 Å². The zero-order chi connectivity index (χ0) is 55.2. The number of rotatable bonds is 9. The summed E-state index contributed by atoms with van der Waals surface area (Å²) in [6.07, 6.45) is 1.92. The van der Waals surface area contributed by atoms with Crippen LogP contribution in [-0.4, -0.2) is 16.2 Å². The fraction of sp³-hybridized carbons (Fsp3) is 0.133. The first kappa shape index (κ1) is 49.8. The lowest BCUT2D eigenvalue weighted by molar-refractivity contribution is 0.482. The van der Waals surface area contributed by atoms with Gasteiger partial charge in [0.2, 0.25) is 0 Å². The third kappa shape index (κ3) is 8.31. The number of pyridine rings is 1. The second-order valence-electron chi connectivity index (χ2n) is 23.7. The molecule has 0 saturated heterocycles. The van der Waals surface area contributed by atoms with Gasteiger partial charge in [0, 0.05) is 45.9 Å². The molecule has 0 saturated carbocycles. The van der Waals surface area contributed by atoms with Gasteiger partial charge in [0.05, 0.1) is 33.5 Å². The Morgan fingerprint density at radius 2 is 1.05 bits per heavy atom. The van der Waals surface area contributed by atoms with Gasteiger partial charge in [-0.15, -0.1) is 0 Å². The van der Waals surface area contributed by atoms with Crippen molar-refractivity contribution in [2.75, 3.05) is 16.5 Å². The molecule has 1 aliphatic heterocycles. The Bertz CT molecular complexity index is 4340. The summed E-state index contributed by atoms with van der Waals surface area (Å²) in [5.74, 6) is 1.94. The first-order valence-corrected chi connectivity index (χ1v) is 28.1. The lowest BCUT2D eigenvalue weighted by atomic mass is 9.67. The summed E-state index contributed by atoms with van der Waals surface area (Å²) in [6.45, 7) is 14.1. The van der Waals surface area contributed by atoms with Crippen LogP contribution in [0.2, 0.25) is 0 Å². The lowest BCUT2D eigenvalue weighted by Crippen LogP contribution is -2.29. The van der Waals surface area contributed by atoms with Crippen LogP contribution in [0.4, 0.5) is 27.1 Å². The van der Waals surface area contributed by atoms with Gasteiger partial charge < -0.3 is 14.5 Å². The fourth-order valence-corrected chi connectivity index (χ4v) is 12.8. The summed E-state index contributed by atoms with van der Waals surface area (Å²) in [7, 11) is 0. The summed E-state index contributed by atoms with van der Waals surface area (Å²) in [5, 5.41) is 2.25. The number of halogens is 1. The molecule has 2 aromatic heterocycles. The van der Waals surface area contributed by atoms with E-state index in [1.54, 1.807) is 12.1 Å². The Kier molecular flexibility index (Phi) is 11.7. The highest BCUT2D eigenvalue weighted by Gasteiger charge is 2.47. The van der Waals surface area contributed by atoms with Gasteiger partial charge in [-0.1, -0.05) is 193 Å².